The summed E-state index contributed by atoms with van der Waals surface area (Å²) < 4.78 is 11.6. The quantitative estimate of drug-likeness (QED) is 0.292. The summed E-state index contributed by atoms with van der Waals surface area (Å²) in [5.74, 6) is -0.0151. The van der Waals surface area contributed by atoms with E-state index in [1.165, 1.54) is 4.90 Å². The largest absolute Gasteiger partial charge is 0.466 e. The molecule has 0 bridgehead atoms. The number of amides is 1. The second-order valence-electron chi connectivity index (χ2n) is 7.69. The Bertz CT molecular complexity index is 1380. The molecule has 0 aliphatic carbocycles. The number of nitriles is 1. The molecule has 4 rings (SSSR count). The maximum atomic E-state index is 13.0. The van der Waals surface area contributed by atoms with Crippen molar-refractivity contribution < 1.29 is 19.1 Å². The highest BCUT2D eigenvalue weighted by Crippen LogP contribution is 2.27. The van der Waals surface area contributed by atoms with E-state index in [0.29, 0.717) is 23.5 Å². The van der Waals surface area contributed by atoms with Crippen LogP contribution >= 0.6 is 11.3 Å². The molecule has 0 aliphatic rings. The van der Waals surface area contributed by atoms with Gasteiger partial charge in [-0.25, -0.2) is 9.78 Å². The Hall–Kier alpha value is -4.42. The van der Waals surface area contributed by atoms with Crippen LogP contribution in [0, 0.1) is 11.3 Å². The molecular formula is C27H24N4O4S. The summed E-state index contributed by atoms with van der Waals surface area (Å²) in [5.41, 5.74) is 2.85. The van der Waals surface area contributed by atoms with Crippen molar-refractivity contribution in [1.29, 1.82) is 5.26 Å². The number of nitrogens with zero attached hydrogens (tertiary/aromatic N) is 3. The number of hydrogen-bond acceptors (Lipinski definition) is 8. The number of nitrogens with one attached hydrogen (secondary N) is 1. The van der Waals surface area contributed by atoms with E-state index in [1.807, 2.05) is 36.4 Å². The van der Waals surface area contributed by atoms with Crippen LogP contribution < -0.4 is 15.0 Å². The van der Waals surface area contributed by atoms with Gasteiger partial charge in [0.25, 0.3) is 0 Å². The lowest BCUT2D eigenvalue weighted by molar-refractivity contribution is -0.142. The first-order valence-electron chi connectivity index (χ1n) is 11.4. The van der Waals surface area contributed by atoms with Crippen LogP contribution in [0.2, 0.25) is 0 Å². The lowest BCUT2D eigenvalue weighted by Crippen LogP contribution is -2.35. The summed E-state index contributed by atoms with van der Waals surface area (Å²) >= 11 is 1.54. The summed E-state index contributed by atoms with van der Waals surface area (Å²) in [5, 5.41) is 13.1. The Balaban J connectivity index is 1.44. The highest BCUT2D eigenvalue weighted by Gasteiger charge is 2.20. The number of benzene rings is 3. The van der Waals surface area contributed by atoms with Crippen LogP contribution in [0.15, 0.2) is 72.8 Å². The van der Waals surface area contributed by atoms with Crippen molar-refractivity contribution >= 4 is 45.0 Å². The first kappa shape index (κ1) is 24.7. The Morgan fingerprint density at radius 3 is 2.58 bits per heavy atom. The highest BCUT2D eigenvalue weighted by molar-refractivity contribution is 7.18. The van der Waals surface area contributed by atoms with Gasteiger partial charge in [-0.2, -0.15) is 5.26 Å². The predicted octanol–water partition coefficient (Wildman–Crippen LogP) is 5.74. The van der Waals surface area contributed by atoms with Crippen LogP contribution in [0.25, 0.3) is 10.2 Å². The molecule has 3 aromatic carbocycles. The summed E-state index contributed by atoms with van der Waals surface area (Å²) in [6.45, 7) is 2.68. The van der Waals surface area contributed by atoms with E-state index in [-0.39, 0.29) is 25.5 Å². The second-order valence-corrected chi connectivity index (χ2v) is 8.81. The normalized spacial score (nSPS) is 10.4. The molecule has 1 heterocycles. The molecule has 1 N–H and O–H groups in total. The molecule has 36 heavy (non-hydrogen) atoms. The zero-order chi connectivity index (χ0) is 25.3. The molecular weight excluding hydrogens is 476 g/mol. The van der Waals surface area contributed by atoms with Crippen molar-refractivity contribution in [3.05, 3.63) is 83.4 Å². The molecule has 1 aromatic heterocycles. The molecule has 0 saturated carbocycles. The van der Waals surface area contributed by atoms with Crippen molar-refractivity contribution in [3.63, 3.8) is 0 Å². The van der Waals surface area contributed by atoms with E-state index in [9.17, 15) is 9.59 Å². The van der Waals surface area contributed by atoms with Gasteiger partial charge in [-0.1, -0.05) is 18.2 Å². The topological polar surface area (TPSA) is 105 Å². The Labute approximate surface area is 212 Å². The lowest BCUT2D eigenvalue weighted by Gasteiger charge is -2.21. The van der Waals surface area contributed by atoms with Gasteiger partial charge < -0.3 is 14.8 Å². The monoisotopic (exact) mass is 500 g/mol. The van der Waals surface area contributed by atoms with E-state index < -0.39 is 6.09 Å². The van der Waals surface area contributed by atoms with Crippen molar-refractivity contribution in [2.75, 3.05) is 23.4 Å². The van der Waals surface area contributed by atoms with Crippen LogP contribution in [0.5, 0.6) is 5.75 Å². The Morgan fingerprint density at radius 2 is 1.86 bits per heavy atom. The number of aromatic nitrogens is 1. The maximum absolute atomic E-state index is 13.0. The summed E-state index contributed by atoms with van der Waals surface area (Å²) in [6.07, 6.45) is -0.541. The van der Waals surface area contributed by atoms with Gasteiger partial charge in [0, 0.05) is 24.0 Å². The molecule has 9 heteroatoms. The van der Waals surface area contributed by atoms with E-state index in [4.69, 9.17) is 14.7 Å². The third-order valence-electron chi connectivity index (χ3n) is 5.20. The fraction of sp³-hybridized carbons (Fsp3) is 0.185. The molecule has 8 nitrogen and oxygen atoms in total. The molecule has 0 atom stereocenters. The number of fused-ring (bicyclic) bond motifs is 1. The summed E-state index contributed by atoms with van der Waals surface area (Å²) in [7, 11) is 0. The van der Waals surface area contributed by atoms with Crippen molar-refractivity contribution in [3.8, 4) is 11.8 Å². The van der Waals surface area contributed by atoms with Crippen LogP contribution in [0.1, 0.15) is 23.9 Å². The Kier molecular flexibility index (Phi) is 8.11. The van der Waals surface area contributed by atoms with Crippen molar-refractivity contribution in [1.82, 2.24) is 4.98 Å². The van der Waals surface area contributed by atoms with Crippen LogP contribution in [0.4, 0.5) is 16.2 Å². The average molecular weight is 501 g/mol. The van der Waals surface area contributed by atoms with Crippen LogP contribution in [-0.2, 0) is 16.1 Å². The zero-order valence-corrected chi connectivity index (χ0v) is 20.5. The molecule has 0 fully saturated rings. The number of anilines is 2. The molecule has 0 saturated heterocycles. The number of thiazole rings is 1. The number of ether oxygens (including phenoxy) is 2. The van der Waals surface area contributed by atoms with Gasteiger partial charge in [-0.15, -0.1) is 11.3 Å². The SMILES string of the molecule is CCOC(=O)CCN(C(=O)Oc1ccc2sc(CNc3ccc(C#N)cc3)nc2c1)c1ccccc1. The van der Waals surface area contributed by atoms with E-state index >= 15 is 0 Å². The molecule has 4 aromatic rings. The molecule has 1 amide bonds. The van der Waals surface area contributed by atoms with Gasteiger partial charge in [-0.05, 0) is 55.5 Å². The third-order valence-corrected chi connectivity index (χ3v) is 6.24. The van der Waals surface area contributed by atoms with Gasteiger partial charge >= 0.3 is 12.1 Å². The smallest absolute Gasteiger partial charge is 0.419 e. The standard InChI is InChI=1S/C27H24N4O4S/c1-2-34-26(32)14-15-31(21-6-4-3-5-7-21)27(33)35-22-12-13-24-23(16-22)30-25(36-24)18-29-20-10-8-19(17-28)9-11-20/h3-13,16,29H,2,14-15,18H2,1H3. The van der Waals surface area contributed by atoms with Crippen LogP contribution in [-0.4, -0.2) is 30.2 Å². The van der Waals surface area contributed by atoms with Crippen LogP contribution in [0.3, 0.4) is 0 Å². The molecule has 0 radical (unpaired) electrons. The third kappa shape index (κ3) is 6.37. The first-order valence-corrected chi connectivity index (χ1v) is 12.2. The van der Waals surface area contributed by atoms with Gasteiger partial charge in [0.05, 0.1) is 41.4 Å². The molecule has 182 valence electrons. The minimum absolute atomic E-state index is 0.0541. The molecule has 0 aliphatic heterocycles. The first-order chi connectivity index (χ1) is 17.6. The number of carbonyl (C=O) groups excluding carboxylic acids is 2. The number of esters is 1. The zero-order valence-electron chi connectivity index (χ0n) is 19.6. The number of para-hydroxylation sites is 1. The lowest BCUT2D eigenvalue weighted by atomic mass is 10.2. The second kappa shape index (κ2) is 11.8. The van der Waals surface area contributed by atoms with Gasteiger partial charge in [0.1, 0.15) is 10.8 Å². The van der Waals surface area contributed by atoms with E-state index in [0.717, 1.165) is 20.9 Å². The minimum atomic E-state index is -0.595. The number of rotatable bonds is 9. The Morgan fingerprint density at radius 1 is 1.08 bits per heavy atom. The van der Waals surface area contributed by atoms with Crippen molar-refractivity contribution in [2.45, 2.75) is 19.9 Å². The van der Waals surface area contributed by atoms with Gasteiger partial charge in [0.2, 0.25) is 0 Å². The predicted molar refractivity (Wildman–Crippen MR) is 139 cm³/mol. The fourth-order valence-corrected chi connectivity index (χ4v) is 4.35. The average Bonchev–Trinajstić information content (AvgIpc) is 3.31. The fourth-order valence-electron chi connectivity index (χ4n) is 3.46. The van der Waals surface area contributed by atoms with E-state index in [1.54, 1.807) is 54.7 Å². The summed E-state index contributed by atoms with van der Waals surface area (Å²) in [4.78, 5) is 31.0. The van der Waals surface area contributed by atoms with Gasteiger partial charge in [0.15, 0.2) is 0 Å². The number of hydrogen-bond donors (Lipinski definition) is 1. The minimum Gasteiger partial charge on any atom is -0.466 e. The molecule has 0 spiro atoms. The summed E-state index contributed by atoms with van der Waals surface area (Å²) in [6, 6.07) is 23.7. The maximum Gasteiger partial charge on any atom is 0.419 e. The van der Waals surface area contributed by atoms with Gasteiger partial charge in [-0.3, -0.25) is 9.69 Å². The highest BCUT2D eigenvalue weighted by atomic mass is 32.1. The number of carbonyl (C=O) groups is 2. The molecule has 0 unspecified atom stereocenters. The van der Waals surface area contributed by atoms with E-state index in [2.05, 4.69) is 16.4 Å². The van der Waals surface area contributed by atoms with Crippen molar-refractivity contribution in [2.24, 2.45) is 0 Å².